The normalized spacial score (nSPS) is 12.1. The molecule has 2 heterocycles. The van der Waals surface area contributed by atoms with Gasteiger partial charge >= 0.3 is 0 Å². The summed E-state index contributed by atoms with van der Waals surface area (Å²) in [5.74, 6) is 0.0701. The monoisotopic (exact) mass is 633 g/mol. The topological polar surface area (TPSA) is 182 Å². The lowest BCUT2D eigenvalue weighted by Gasteiger charge is -2.31. The Labute approximate surface area is 266 Å². The third kappa shape index (κ3) is 10.8. The highest BCUT2D eigenvalue weighted by molar-refractivity contribution is 7.15. The van der Waals surface area contributed by atoms with Crippen molar-refractivity contribution in [3.05, 3.63) is 94.1 Å². The van der Waals surface area contributed by atoms with Crippen molar-refractivity contribution in [1.82, 2.24) is 25.7 Å². The Balaban J connectivity index is 1.15. The van der Waals surface area contributed by atoms with Gasteiger partial charge in [-0.1, -0.05) is 72.9 Å². The second kappa shape index (κ2) is 16.8. The molecule has 1 atom stereocenters. The second-order valence-corrected chi connectivity index (χ2v) is 12.2. The van der Waals surface area contributed by atoms with Crippen LogP contribution in [0.2, 0.25) is 0 Å². The van der Waals surface area contributed by atoms with Crippen molar-refractivity contribution in [2.45, 2.75) is 58.2 Å². The van der Waals surface area contributed by atoms with Gasteiger partial charge in [0.05, 0.1) is 37.2 Å². The Morgan fingerprint density at radius 3 is 2.22 bits per heavy atom. The number of hydrogen-bond acceptors (Lipinski definition) is 11. The van der Waals surface area contributed by atoms with E-state index in [0.29, 0.717) is 17.5 Å². The number of aryl methyl sites for hydroxylation is 2. The maximum absolute atomic E-state index is 12.6. The zero-order valence-corrected chi connectivity index (χ0v) is 26.0. The van der Waals surface area contributed by atoms with Gasteiger partial charge in [0, 0.05) is 13.0 Å². The maximum Gasteiger partial charge on any atom is 0.230 e. The molecule has 4 rings (SSSR count). The molecule has 0 saturated carbocycles. The van der Waals surface area contributed by atoms with Crippen LogP contribution < -0.4 is 16.0 Å². The number of carbonyl (C=O) groups excluding carboxylic acids is 2. The van der Waals surface area contributed by atoms with Crippen molar-refractivity contribution >= 4 is 34.1 Å². The van der Waals surface area contributed by atoms with Crippen molar-refractivity contribution in [3.63, 3.8) is 0 Å². The van der Waals surface area contributed by atoms with E-state index in [1.165, 1.54) is 11.3 Å². The van der Waals surface area contributed by atoms with Crippen molar-refractivity contribution in [3.8, 4) is 0 Å². The molecule has 0 spiro atoms. The average Bonchev–Trinajstić information content (AvgIpc) is 3.49. The van der Waals surface area contributed by atoms with Gasteiger partial charge in [-0.3, -0.25) is 14.9 Å². The fraction of sp³-hybridized carbons (Fsp3) is 0.375. The summed E-state index contributed by atoms with van der Waals surface area (Å²) in [5, 5.41) is 55.6. The van der Waals surface area contributed by atoms with E-state index in [-0.39, 0.29) is 37.9 Å². The maximum atomic E-state index is 12.6. The molecule has 45 heavy (non-hydrogen) atoms. The van der Waals surface area contributed by atoms with Crippen LogP contribution in [0.25, 0.3) is 0 Å². The number of unbranched alkanes of at least 4 members (excludes halogenated alkanes) is 1. The lowest BCUT2D eigenvalue weighted by molar-refractivity contribution is -0.116. The van der Waals surface area contributed by atoms with Gasteiger partial charge < -0.3 is 26.0 Å². The molecule has 238 valence electrons. The standard InChI is InChI=1S/C32H39N7O5S/c1-32(20-40,21-41)30(44)33-19-24-11-7-10-23(16-24)18-28(43)35-31-39-38-29(45-31)13-6-5-12-25-14-15-26(37-36-25)34-27(42)17-22-8-3-2-4-9-22/h2-4,7-11,14-16,30,33,40-41,44H,5-6,12-13,17-21H2,1H3,(H,34,37,42)(H,35,39,43). The van der Waals surface area contributed by atoms with Crippen LogP contribution in [0.4, 0.5) is 10.9 Å². The Morgan fingerprint density at radius 1 is 0.800 bits per heavy atom. The predicted octanol–water partition coefficient (Wildman–Crippen LogP) is 2.65. The smallest absolute Gasteiger partial charge is 0.230 e. The van der Waals surface area contributed by atoms with Gasteiger partial charge in [-0.25, -0.2) is 0 Å². The summed E-state index contributed by atoms with van der Waals surface area (Å²) < 4.78 is 0. The number of anilines is 2. The fourth-order valence-corrected chi connectivity index (χ4v) is 5.20. The van der Waals surface area contributed by atoms with Crippen LogP contribution in [0.3, 0.4) is 0 Å². The number of nitrogens with one attached hydrogen (secondary N) is 3. The number of aliphatic hydroxyl groups is 3. The van der Waals surface area contributed by atoms with E-state index in [0.717, 1.165) is 53.1 Å². The molecule has 6 N–H and O–H groups in total. The predicted molar refractivity (Wildman–Crippen MR) is 171 cm³/mol. The van der Waals surface area contributed by atoms with Crippen LogP contribution in [0.1, 0.15) is 47.2 Å². The van der Waals surface area contributed by atoms with Gasteiger partial charge in [0.25, 0.3) is 0 Å². The first-order chi connectivity index (χ1) is 21.8. The molecule has 2 amide bonds. The highest BCUT2D eigenvalue weighted by Crippen LogP contribution is 2.20. The number of benzene rings is 2. The highest BCUT2D eigenvalue weighted by Gasteiger charge is 2.31. The van der Waals surface area contributed by atoms with Gasteiger partial charge in [-0.05, 0) is 48.1 Å². The van der Waals surface area contributed by atoms with Gasteiger partial charge in [0.2, 0.25) is 16.9 Å². The molecule has 0 radical (unpaired) electrons. The van der Waals surface area contributed by atoms with Gasteiger partial charge in [-0.2, -0.15) is 5.10 Å². The van der Waals surface area contributed by atoms with Crippen molar-refractivity contribution in [2.24, 2.45) is 5.41 Å². The Bertz CT molecular complexity index is 1510. The molecule has 2 aromatic carbocycles. The molecule has 12 nitrogen and oxygen atoms in total. The summed E-state index contributed by atoms with van der Waals surface area (Å²) in [6, 6.07) is 20.5. The third-order valence-electron chi connectivity index (χ3n) is 7.22. The van der Waals surface area contributed by atoms with E-state index in [4.69, 9.17) is 0 Å². The van der Waals surface area contributed by atoms with Crippen molar-refractivity contribution in [1.29, 1.82) is 0 Å². The van der Waals surface area contributed by atoms with Crippen LogP contribution in [0, 0.1) is 5.41 Å². The van der Waals surface area contributed by atoms with Gasteiger partial charge in [0.15, 0.2) is 5.82 Å². The molecule has 0 aliphatic rings. The lowest BCUT2D eigenvalue weighted by atomic mass is 9.90. The number of amides is 2. The minimum atomic E-state index is -1.10. The zero-order chi connectivity index (χ0) is 32.1. The summed E-state index contributed by atoms with van der Waals surface area (Å²) in [7, 11) is 0. The molecule has 0 fully saturated rings. The summed E-state index contributed by atoms with van der Waals surface area (Å²) in [6.45, 7) is 1.15. The van der Waals surface area contributed by atoms with Crippen LogP contribution >= 0.6 is 11.3 Å². The number of hydrogen-bond donors (Lipinski definition) is 6. The number of aromatic nitrogens is 4. The Morgan fingerprint density at radius 2 is 1.49 bits per heavy atom. The van der Waals surface area contributed by atoms with Crippen molar-refractivity contribution < 1.29 is 24.9 Å². The largest absolute Gasteiger partial charge is 0.396 e. The van der Waals surface area contributed by atoms with Gasteiger partial charge in [-0.15, -0.1) is 15.3 Å². The zero-order valence-electron chi connectivity index (χ0n) is 25.1. The molecule has 0 saturated heterocycles. The minimum absolute atomic E-state index is 0.141. The summed E-state index contributed by atoms with van der Waals surface area (Å²) in [5.41, 5.74) is 2.35. The Hall–Kier alpha value is -4.14. The molecule has 13 heteroatoms. The quantitative estimate of drug-likeness (QED) is 0.0747. The minimum Gasteiger partial charge on any atom is -0.396 e. The molecular formula is C32H39N7O5S. The van der Waals surface area contributed by atoms with E-state index >= 15 is 0 Å². The highest BCUT2D eigenvalue weighted by atomic mass is 32.1. The third-order valence-corrected chi connectivity index (χ3v) is 8.12. The first kappa shape index (κ1) is 33.7. The van der Waals surface area contributed by atoms with Gasteiger partial charge in [0.1, 0.15) is 11.2 Å². The van der Waals surface area contributed by atoms with Crippen LogP contribution in [-0.2, 0) is 41.8 Å². The molecule has 1 unspecified atom stereocenters. The first-order valence-corrected chi connectivity index (χ1v) is 15.6. The molecule has 0 aliphatic carbocycles. The molecule has 0 bridgehead atoms. The summed E-state index contributed by atoms with van der Waals surface area (Å²) in [6.07, 6.45) is 2.52. The molecule has 2 aromatic heterocycles. The molecular weight excluding hydrogens is 594 g/mol. The SMILES string of the molecule is CC(CO)(CO)C(O)NCc1cccc(CC(=O)Nc2nnc(CCCCc3ccc(NC(=O)Cc4ccccc4)nn3)s2)c1. The number of rotatable bonds is 17. The van der Waals surface area contributed by atoms with Crippen LogP contribution in [-0.4, -0.2) is 67.0 Å². The molecule has 4 aromatic rings. The second-order valence-electron chi connectivity index (χ2n) is 11.1. The Kier molecular flexibility index (Phi) is 12.6. The molecule has 0 aliphatic heterocycles. The van der Waals surface area contributed by atoms with Crippen LogP contribution in [0.5, 0.6) is 0 Å². The van der Waals surface area contributed by atoms with E-state index in [1.807, 2.05) is 60.7 Å². The fourth-order valence-electron chi connectivity index (χ4n) is 4.40. The van der Waals surface area contributed by atoms with E-state index in [9.17, 15) is 24.9 Å². The summed E-state index contributed by atoms with van der Waals surface area (Å²) in [4.78, 5) is 24.9. The average molecular weight is 634 g/mol. The first-order valence-electron chi connectivity index (χ1n) is 14.8. The van der Waals surface area contributed by atoms with Crippen LogP contribution in [0.15, 0.2) is 66.7 Å². The van der Waals surface area contributed by atoms with E-state index in [2.05, 4.69) is 36.3 Å². The summed E-state index contributed by atoms with van der Waals surface area (Å²) >= 11 is 1.35. The van der Waals surface area contributed by atoms with E-state index < -0.39 is 11.6 Å². The van der Waals surface area contributed by atoms with E-state index in [1.54, 1.807) is 13.0 Å². The number of aliphatic hydroxyl groups excluding tert-OH is 3. The lowest BCUT2D eigenvalue weighted by Crippen LogP contribution is -2.47. The number of nitrogens with zero attached hydrogens (tertiary/aromatic N) is 4. The number of carbonyl (C=O) groups is 2. The van der Waals surface area contributed by atoms with Crippen molar-refractivity contribution in [2.75, 3.05) is 23.8 Å².